The number of H-pyrrole nitrogens is 1. The number of amides is 1. The van der Waals surface area contributed by atoms with E-state index in [9.17, 15) is 18.0 Å². The number of nitrogens with one attached hydrogen (secondary N) is 2. The number of nitrogens with two attached hydrogens (primary N) is 1. The number of rotatable bonds is 10. The smallest absolute Gasteiger partial charge is 0.366 e. The van der Waals surface area contributed by atoms with E-state index >= 15 is 0 Å². The molecule has 33 heavy (non-hydrogen) atoms. The van der Waals surface area contributed by atoms with Crippen molar-refractivity contribution in [3.8, 4) is 0 Å². The number of aromatic amines is 1. The molecule has 1 aromatic heterocycles. The van der Waals surface area contributed by atoms with Crippen molar-refractivity contribution in [3.05, 3.63) is 71.8 Å². The van der Waals surface area contributed by atoms with Gasteiger partial charge in [-0.15, -0.1) is 4.98 Å². The van der Waals surface area contributed by atoms with Gasteiger partial charge in [-0.3, -0.25) is 10.1 Å². The van der Waals surface area contributed by atoms with Gasteiger partial charge in [0, 0.05) is 24.1 Å². The first kappa shape index (κ1) is 24.4. The van der Waals surface area contributed by atoms with Crippen molar-refractivity contribution in [1.82, 2.24) is 9.88 Å². The number of aromatic nitrogens is 2. The highest BCUT2D eigenvalue weighted by molar-refractivity contribution is 5.93. The molecule has 1 aliphatic carbocycles. The first-order chi connectivity index (χ1) is 15.7. The molecular formula is C24H29F3N5O+. The number of fused-ring (bicyclic) bond motifs is 1. The Morgan fingerprint density at radius 1 is 1.39 bits per heavy atom. The summed E-state index contributed by atoms with van der Waals surface area (Å²) in [4.78, 5) is 21.4. The minimum atomic E-state index is -4.44. The van der Waals surface area contributed by atoms with E-state index in [0.717, 1.165) is 31.6 Å². The van der Waals surface area contributed by atoms with Crippen molar-refractivity contribution >= 4 is 17.8 Å². The van der Waals surface area contributed by atoms with Crippen molar-refractivity contribution in [2.24, 2.45) is 5.73 Å². The molecule has 2 aliphatic rings. The highest BCUT2D eigenvalue weighted by Crippen LogP contribution is 2.28. The van der Waals surface area contributed by atoms with Crippen molar-refractivity contribution in [2.75, 3.05) is 25.0 Å². The molecule has 3 rings (SSSR count). The summed E-state index contributed by atoms with van der Waals surface area (Å²) in [6.07, 6.45) is 7.22. The Morgan fingerprint density at radius 2 is 2.15 bits per heavy atom. The lowest BCUT2D eigenvalue weighted by atomic mass is 9.99. The largest absolute Gasteiger partial charge is 0.412 e. The maximum Gasteiger partial charge on any atom is 0.412 e. The number of halogens is 3. The van der Waals surface area contributed by atoms with Crippen LogP contribution < -0.4 is 16.0 Å². The van der Waals surface area contributed by atoms with Crippen LogP contribution in [0.5, 0.6) is 0 Å². The molecule has 0 bridgehead atoms. The monoisotopic (exact) mass is 460 g/mol. The Balaban J connectivity index is 1.86. The molecule has 1 aromatic rings. The summed E-state index contributed by atoms with van der Waals surface area (Å²) in [5, 5.41) is 3.43. The van der Waals surface area contributed by atoms with Gasteiger partial charge < -0.3 is 10.6 Å². The predicted octanol–water partition coefficient (Wildman–Crippen LogP) is 3.37. The van der Waals surface area contributed by atoms with Gasteiger partial charge in [0.25, 0.3) is 0 Å². The van der Waals surface area contributed by atoms with Crippen LogP contribution in [0.3, 0.4) is 0 Å². The molecule has 1 saturated heterocycles. The van der Waals surface area contributed by atoms with E-state index in [0.29, 0.717) is 29.1 Å². The van der Waals surface area contributed by atoms with Crippen LogP contribution in [0.1, 0.15) is 30.5 Å². The summed E-state index contributed by atoms with van der Waals surface area (Å²) >= 11 is 0. The van der Waals surface area contributed by atoms with Gasteiger partial charge in [-0.2, -0.15) is 13.2 Å². The fourth-order valence-corrected chi connectivity index (χ4v) is 3.71. The Labute approximate surface area is 191 Å². The van der Waals surface area contributed by atoms with Crippen LogP contribution in [0.15, 0.2) is 60.5 Å². The van der Waals surface area contributed by atoms with Crippen molar-refractivity contribution < 1.29 is 22.9 Å². The number of hydrogen-bond acceptors (Lipinski definition) is 4. The number of likely N-dealkylation sites (tertiary alicyclic amines) is 1. The number of carbonyl (C=O) groups excluding carboxylic acids is 1. The molecule has 0 saturated carbocycles. The van der Waals surface area contributed by atoms with E-state index in [1.165, 1.54) is 12.4 Å². The number of primary amides is 1. The van der Waals surface area contributed by atoms with Crippen LogP contribution in [-0.4, -0.2) is 47.6 Å². The Bertz CT molecular complexity index is 1010. The summed E-state index contributed by atoms with van der Waals surface area (Å²) in [7, 11) is 0. The highest BCUT2D eigenvalue weighted by Gasteiger charge is 2.31. The van der Waals surface area contributed by atoms with Crippen LogP contribution in [-0.2, 0) is 11.2 Å². The molecule has 6 nitrogen and oxygen atoms in total. The SMILES string of the molecule is C=C/C(=C\CC(=C)C(F)(F)F)C(CCN1CCC1)Nc1[nH+]cnc2c1C=CC=C(C(N)=O)C2. The summed E-state index contributed by atoms with van der Waals surface area (Å²) in [5.41, 5.74) is 7.18. The first-order valence-electron chi connectivity index (χ1n) is 10.8. The average Bonchev–Trinajstić information content (AvgIpc) is 2.95. The van der Waals surface area contributed by atoms with E-state index in [1.54, 1.807) is 18.2 Å². The van der Waals surface area contributed by atoms with Crippen LogP contribution in [0.25, 0.3) is 6.08 Å². The molecule has 1 fully saturated rings. The number of allylic oxidation sites excluding steroid dienone is 4. The van der Waals surface area contributed by atoms with Gasteiger partial charge in [-0.25, -0.2) is 4.98 Å². The molecule has 4 N–H and O–H groups in total. The lowest BCUT2D eigenvalue weighted by Crippen LogP contribution is -2.40. The van der Waals surface area contributed by atoms with E-state index in [1.807, 2.05) is 6.08 Å². The lowest BCUT2D eigenvalue weighted by molar-refractivity contribution is -0.366. The molecule has 0 aromatic carbocycles. The molecule has 1 atom stereocenters. The number of alkyl halides is 3. The zero-order valence-electron chi connectivity index (χ0n) is 18.4. The number of anilines is 1. The van der Waals surface area contributed by atoms with Crippen molar-refractivity contribution in [2.45, 2.75) is 37.9 Å². The lowest BCUT2D eigenvalue weighted by Gasteiger charge is -2.32. The van der Waals surface area contributed by atoms with E-state index < -0.39 is 17.7 Å². The molecule has 9 heteroatoms. The van der Waals surface area contributed by atoms with E-state index in [-0.39, 0.29) is 18.9 Å². The molecule has 1 aliphatic heterocycles. The van der Waals surface area contributed by atoms with Crippen molar-refractivity contribution in [3.63, 3.8) is 0 Å². The topological polar surface area (TPSA) is 85.4 Å². The van der Waals surface area contributed by atoms with E-state index in [2.05, 4.69) is 33.3 Å². The average molecular weight is 461 g/mol. The maximum atomic E-state index is 12.9. The zero-order valence-corrected chi connectivity index (χ0v) is 18.4. The Kier molecular flexibility index (Phi) is 7.86. The standard InChI is InChI=1S/C24H28F3N5O/c1-3-17(9-8-16(2)24(25,26)27)20(10-13-32-11-5-12-32)31-23-19-7-4-6-18(22(28)33)14-21(19)29-15-30-23/h3-4,6-7,9,15,20H,1-2,5,8,10-14H2,(H2,28,33)(H,29,30,31)/p+1/b17-9+. The molecule has 1 amide bonds. The van der Waals surface area contributed by atoms with Gasteiger partial charge in [0.05, 0.1) is 11.6 Å². The minimum absolute atomic E-state index is 0.285. The van der Waals surface area contributed by atoms with Crippen LogP contribution in [0.2, 0.25) is 0 Å². The number of carbonyl (C=O) groups is 1. The second-order valence-corrected chi connectivity index (χ2v) is 8.12. The molecular weight excluding hydrogens is 431 g/mol. The summed E-state index contributed by atoms with van der Waals surface area (Å²) in [6.45, 7) is 9.83. The fraction of sp³-hybridized carbons (Fsp3) is 0.375. The maximum absolute atomic E-state index is 12.9. The third kappa shape index (κ3) is 6.41. The normalized spacial score (nSPS) is 17.3. The zero-order chi connectivity index (χ0) is 24.0. The first-order valence-corrected chi connectivity index (χ1v) is 10.8. The summed E-state index contributed by atoms with van der Waals surface area (Å²) < 4.78 is 38.8. The fourth-order valence-electron chi connectivity index (χ4n) is 3.71. The Morgan fingerprint density at radius 3 is 2.76 bits per heavy atom. The highest BCUT2D eigenvalue weighted by atomic mass is 19.4. The molecule has 0 radical (unpaired) electrons. The molecule has 176 valence electrons. The van der Waals surface area contributed by atoms with Gasteiger partial charge in [-0.05, 0) is 44.0 Å². The third-order valence-corrected chi connectivity index (χ3v) is 5.87. The second kappa shape index (κ2) is 10.6. The number of hydrogen-bond donors (Lipinski definition) is 2. The molecule has 1 unspecified atom stereocenters. The second-order valence-electron chi connectivity index (χ2n) is 8.12. The van der Waals surface area contributed by atoms with Gasteiger partial charge in [0.1, 0.15) is 5.69 Å². The van der Waals surface area contributed by atoms with E-state index in [4.69, 9.17) is 5.73 Å². The van der Waals surface area contributed by atoms with Gasteiger partial charge in [0.2, 0.25) is 18.1 Å². The minimum Gasteiger partial charge on any atom is -0.366 e. The Hall–Kier alpha value is -3.20. The van der Waals surface area contributed by atoms with Gasteiger partial charge in [0.15, 0.2) is 0 Å². The molecule has 0 spiro atoms. The van der Waals surface area contributed by atoms with Crippen LogP contribution in [0.4, 0.5) is 19.0 Å². The summed E-state index contributed by atoms with van der Waals surface area (Å²) in [6, 6.07) is -0.285. The predicted molar refractivity (Wildman–Crippen MR) is 122 cm³/mol. The third-order valence-electron chi connectivity index (χ3n) is 5.87. The van der Waals surface area contributed by atoms with Crippen molar-refractivity contribution in [1.29, 1.82) is 0 Å². The van der Waals surface area contributed by atoms with Crippen LogP contribution in [0, 0.1) is 0 Å². The quantitative estimate of drug-likeness (QED) is 0.414. The summed E-state index contributed by atoms with van der Waals surface area (Å²) in [5.74, 6) is 0.150. The van der Waals surface area contributed by atoms with Crippen LogP contribution >= 0.6 is 0 Å². The van der Waals surface area contributed by atoms with Gasteiger partial charge in [-0.1, -0.05) is 37.5 Å². The molecule has 2 heterocycles. The number of nitrogens with zero attached hydrogens (tertiary/aromatic N) is 2. The van der Waals surface area contributed by atoms with Gasteiger partial charge >= 0.3 is 6.18 Å².